The van der Waals surface area contributed by atoms with Gasteiger partial charge < -0.3 is 10.1 Å². The van der Waals surface area contributed by atoms with E-state index in [-0.39, 0.29) is 0 Å². The standard InChI is InChI=1S/C20H20N4O/c1-3-24-20-17(13-22-24)19(16-9-4-5-10-18(16)23-20)21-12-14-7-6-8-15(11-14)25-2/h4-11,13H,3,12H2,1-2H3,(H,21,23). The van der Waals surface area contributed by atoms with Crippen molar-refractivity contribution < 1.29 is 4.74 Å². The van der Waals surface area contributed by atoms with Gasteiger partial charge in [-0.1, -0.05) is 30.3 Å². The number of aryl methyl sites for hydroxylation is 1. The van der Waals surface area contributed by atoms with E-state index in [1.807, 2.05) is 47.3 Å². The number of anilines is 1. The molecule has 0 saturated carbocycles. The van der Waals surface area contributed by atoms with E-state index in [0.29, 0.717) is 6.54 Å². The minimum Gasteiger partial charge on any atom is -0.497 e. The Morgan fingerprint density at radius 1 is 1.08 bits per heavy atom. The maximum absolute atomic E-state index is 5.31. The molecule has 0 saturated heterocycles. The summed E-state index contributed by atoms with van der Waals surface area (Å²) >= 11 is 0. The van der Waals surface area contributed by atoms with E-state index in [4.69, 9.17) is 9.72 Å². The molecule has 25 heavy (non-hydrogen) atoms. The Hall–Kier alpha value is -3.08. The van der Waals surface area contributed by atoms with Crippen LogP contribution in [0.15, 0.2) is 54.7 Å². The van der Waals surface area contributed by atoms with Crippen molar-refractivity contribution in [2.45, 2.75) is 20.0 Å². The lowest BCUT2D eigenvalue weighted by atomic mass is 10.1. The summed E-state index contributed by atoms with van der Waals surface area (Å²) in [5.74, 6) is 0.864. The molecule has 0 atom stereocenters. The number of pyridine rings is 1. The fourth-order valence-corrected chi connectivity index (χ4v) is 3.11. The van der Waals surface area contributed by atoms with Gasteiger partial charge in [-0.2, -0.15) is 5.10 Å². The number of hydrogen-bond acceptors (Lipinski definition) is 4. The minimum atomic E-state index is 0.706. The van der Waals surface area contributed by atoms with Gasteiger partial charge in [-0.15, -0.1) is 0 Å². The Balaban J connectivity index is 1.79. The van der Waals surface area contributed by atoms with Crippen LogP contribution in [0.2, 0.25) is 0 Å². The average molecular weight is 332 g/mol. The second-order valence-electron chi connectivity index (χ2n) is 5.91. The zero-order valence-electron chi connectivity index (χ0n) is 14.4. The number of fused-ring (bicyclic) bond motifs is 2. The molecule has 0 spiro atoms. The van der Waals surface area contributed by atoms with Crippen LogP contribution in [0.3, 0.4) is 0 Å². The lowest BCUT2D eigenvalue weighted by molar-refractivity contribution is 0.414. The van der Waals surface area contributed by atoms with Gasteiger partial charge in [0.25, 0.3) is 0 Å². The minimum absolute atomic E-state index is 0.706. The Bertz CT molecular complexity index is 1040. The van der Waals surface area contributed by atoms with Gasteiger partial charge in [-0.3, -0.25) is 0 Å². The van der Waals surface area contributed by atoms with E-state index >= 15 is 0 Å². The number of hydrogen-bond donors (Lipinski definition) is 1. The predicted molar refractivity (Wildman–Crippen MR) is 101 cm³/mol. The van der Waals surface area contributed by atoms with Crippen LogP contribution in [0.4, 0.5) is 5.69 Å². The highest BCUT2D eigenvalue weighted by Gasteiger charge is 2.12. The lowest BCUT2D eigenvalue weighted by Crippen LogP contribution is -2.03. The van der Waals surface area contributed by atoms with Crippen molar-refractivity contribution in [2.75, 3.05) is 12.4 Å². The molecule has 4 rings (SSSR count). The number of rotatable bonds is 5. The molecule has 2 aromatic heterocycles. The van der Waals surface area contributed by atoms with Crippen LogP contribution in [0, 0.1) is 0 Å². The van der Waals surface area contributed by atoms with Crippen LogP contribution in [0.25, 0.3) is 21.9 Å². The number of methoxy groups -OCH3 is 1. The quantitative estimate of drug-likeness (QED) is 0.594. The van der Waals surface area contributed by atoms with Crippen molar-refractivity contribution in [1.82, 2.24) is 14.8 Å². The summed E-state index contributed by atoms with van der Waals surface area (Å²) in [6.07, 6.45) is 1.90. The molecule has 1 N–H and O–H groups in total. The third-order valence-electron chi connectivity index (χ3n) is 4.38. The van der Waals surface area contributed by atoms with Crippen LogP contribution >= 0.6 is 0 Å². The Kier molecular flexibility index (Phi) is 3.98. The van der Waals surface area contributed by atoms with Crippen molar-refractivity contribution in [1.29, 1.82) is 0 Å². The van der Waals surface area contributed by atoms with Crippen LogP contribution in [0.1, 0.15) is 12.5 Å². The molecular weight excluding hydrogens is 312 g/mol. The molecule has 126 valence electrons. The fraction of sp³-hybridized carbons (Fsp3) is 0.200. The van der Waals surface area contributed by atoms with Gasteiger partial charge >= 0.3 is 0 Å². The Morgan fingerprint density at radius 3 is 2.80 bits per heavy atom. The van der Waals surface area contributed by atoms with E-state index in [1.165, 1.54) is 0 Å². The first-order valence-corrected chi connectivity index (χ1v) is 8.41. The molecule has 5 nitrogen and oxygen atoms in total. The van der Waals surface area contributed by atoms with Crippen LogP contribution < -0.4 is 10.1 Å². The van der Waals surface area contributed by atoms with Crippen LogP contribution in [-0.2, 0) is 13.1 Å². The summed E-state index contributed by atoms with van der Waals surface area (Å²) in [7, 11) is 1.69. The highest BCUT2D eigenvalue weighted by molar-refractivity contribution is 6.06. The van der Waals surface area contributed by atoms with Gasteiger partial charge in [0, 0.05) is 18.5 Å². The van der Waals surface area contributed by atoms with E-state index in [1.54, 1.807) is 7.11 Å². The van der Waals surface area contributed by atoms with E-state index in [0.717, 1.165) is 45.5 Å². The third kappa shape index (κ3) is 2.78. The van der Waals surface area contributed by atoms with Crippen LogP contribution in [0.5, 0.6) is 5.75 Å². The molecule has 2 aromatic carbocycles. The van der Waals surface area contributed by atoms with E-state index < -0.39 is 0 Å². The van der Waals surface area contributed by atoms with Crippen molar-refractivity contribution in [2.24, 2.45) is 0 Å². The molecule has 4 aromatic rings. The number of ether oxygens (including phenoxy) is 1. The van der Waals surface area contributed by atoms with Crippen molar-refractivity contribution in [3.8, 4) is 5.75 Å². The Morgan fingerprint density at radius 2 is 1.96 bits per heavy atom. The fourth-order valence-electron chi connectivity index (χ4n) is 3.11. The van der Waals surface area contributed by atoms with Gasteiger partial charge in [-0.05, 0) is 30.7 Å². The first-order valence-electron chi connectivity index (χ1n) is 8.41. The molecule has 0 bridgehead atoms. The third-order valence-corrected chi connectivity index (χ3v) is 4.38. The van der Waals surface area contributed by atoms with Gasteiger partial charge in [0.1, 0.15) is 5.75 Å². The molecule has 0 unspecified atom stereocenters. The second-order valence-corrected chi connectivity index (χ2v) is 5.91. The second kappa shape index (κ2) is 6.43. The molecule has 0 amide bonds. The van der Waals surface area contributed by atoms with Crippen molar-refractivity contribution in [3.63, 3.8) is 0 Å². The molecular formula is C20H20N4O. The molecule has 0 radical (unpaired) electrons. The Labute approximate surface area is 146 Å². The summed E-state index contributed by atoms with van der Waals surface area (Å²) in [5, 5.41) is 10.2. The average Bonchev–Trinajstić information content (AvgIpc) is 3.08. The van der Waals surface area contributed by atoms with Gasteiger partial charge in [0.15, 0.2) is 5.65 Å². The van der Waals surface area contributed by atoms with Gasteiger partial charge in [0.05, 0.1) is 29.9 Å². The summed E-state index contributed by atoms with van der Waals surface area (Å²) < 4.78 is 7.24. The van der Waals surface area contributed by atoms with Crippen molar-refractivity contribution in [3.05, 3.63) is 60.3 Å². The maximum Gasteiger partial charge on any atom is 0.160 e. The summed E-state index contributed by atoms with van der Waals surface area (Å²) in [5.41, 5.74) is 4.12. The molecule has 0 aliphatic rings. The number of para-hydroxylation sites is 1. The van der Waals surface area contributed by atoms with Gasteiger partial charge in [-0.25, -0.2) is 9.67 Å². The zero-order valence-corrected chi connectivity index (χ0v) is 14.4. The lowest BCUT2D eigenvalue weighted by Gasteiger charge is -2.12. The molecule has 0 aliphatic heterocycles. The number of nitrogens with zero attached hydrogens (tertiary/aromatic N) is 3. The van der Waals surface area contributed by atoms with E-state index in [9.17, 15) is 0 Å². The number of aromatic nitrogens is 3. The van der Waals surface area contributed by atoms with Crippen LogP contribution in [-0.4, -0.2) is 21.9 Å². The first-order chi connectivity index (χ1) is 12.3. The summed E-state index contributed by atoms with van der Waals surface area (Å²) in [4.78, 5) is 4.79. The molecule has 0 aliphatic carbocycles. The largest absolute Gasteiger partial charge is 0.497 e. The summed E-state index contributed by atoms with van der Waals surface area (Å²) in [6.45, 7) is 3.58. The number of benzene rings is 2. The zero-order chi connectivity index (χ0) is 17.2. The van der Waals surface area contributed by atoms with Gasteiger partial charge in [0.2, 0.25) is 0 Å². The normalized spacial score (nSPS) is 11.1. The SMILES string of the molecule is CCn1ncc2c(NCc3cccc(OC)c3)c3ccccc3nc21. The summed E-state index contributed by atoms with van der Waals surface area (Å²) in [6, 6.07) is 16.3. The topological polar surface area (TPSA) is 52.0 Å². The molecule has 2 heterocycles. The monoisotopic (exact) mass is 332 g/mol. The predicted octanol–water partition coefficient (Wildman–Crippen LogP) is 4.23. The maximum atomic E-state index is 5.31. The first kappa shape index (κ1) is 15.4. The highest BCUT2D eigenvalue weighted by atomic mass is 16.5. The van der Waals surface area contributed by atoms with Crippen molar-refractivity contribution >= 4 is 27.6 Å². The molecule has 5 heteroatoms. The smallest absolute Gasteiger partial charge is 0.160 e. The molecule has 0 fully saturated rings. The highest BCUT2D eigenvalue weighted by Crippen LogP contribution is 2.31. The number of nitrogens with one attached hydrogen (secondary N) is 1. The van der Waals surface area contributed by atoms with E-state index in [2.05, 4.69) is 29.5 Å².